The summed E-state index contributed by atoms with van der Waals surface area (Å²) in [5.74, 6) is -0.382. The van der Waals surface area contributed by atoms with E-state index in [0.29, 0.717) is 23.4 Å². The van der Waals surface area contributed by atoms with E-state index in [2.05, 4.69) is 10.6 Å². The van der Waals surface area contributed by atoms with Crippen molar-refractivity contribution in [3.63, 3.8) is 0 Å². The van der Waals surface area contributed by atoms with Gasteiger partial charge in [0, 0.05) is 12.1 Å². The number of nitrogens with one attached hydrogen (secondary N) is 2. The van der Waals surface area contributed by atoms with Crippen LogP contribution in [0.4, 0.5) is 4.79 Å². The summed E-state index contributed by atoms with van der Waals surface area (Å²) in [4.78, 5) is 35.2. The number of benzene rings is 2. The molecule has 0 saturated carbocycles. The minimum Gasteiger partial charge on any atom is -0.508 e. The highest BCUT2D eigenvalue weighted by molar-refractivity contribution is 8.18. The minimum atomic E-state index is -0.406. The fourth-order valence-corrected chi connectivity index (χ4v) is 3.07. The minimum absolute atomic E-state index is 0.189. The third-order valence-corrected chi connectivity index (χ3v) is 4.56. The van der Waals surface area contributed by atoms with Gasteiger partial charge < -0.3 is 10.4 Å². The predicted octanol–water partition coefficient (Wildman–Crippen LogP) is 2.69. The number of rotatable bonds is 5. The summed E-state index contributed by atoms with van der Waals surface area (Å²) in [5.41, 5.74) is 2.27. The van der Waals surface area contributed by atoms with E-state index in [4.69, 9.17) is 0 Å². The van der Waals surface area contributed by atoms with Crippen molar-refractivity contribution in [2.45, 2.75) is 6.42 Å². The van der Waals surface area contributed by atoms with Crippen LogP contribution in [0.2, 0.25) is 0 Å². The number of hydrogen-bond donors (Lipinski definition) is 3. The average Bonchev–Trinajstić information content (AvgIpc) is 2.94. The van der Waals surface area contributed by atoms with E-state index < -0.39 is 5.91 Å². The molecule has 26 heavy (non-hydrogen) atoms. The van der Waals surface area contributed by atoms with E-state index in [9.17, 15) is 19.5 Å². The Labute approximate surface area is 154 Å². The zero-order chi connectivity index (χ0) is 18.5. The number of carbonyl (C=O) groups excluding carboxylic acids is 3. The molecule has 0 unspecified atom stereocenters. The predicted molar refractivity (Wildman–Crippen MR) is 99.7 cm³/mol. The van der Waals surface area contributed by atoms with Crippen LogP contribution in [0.15, 0.2) is 53.4 Å². The van der Waals surface area contributed by atoms with Crippen molar-refractivity contribution in [1.29, 1.82) is 0 Å². The number of amides is 3. The van der Waals surface area contributed by atoms with E-state index in [1.807, 2.05) is 12.1 Å². The molecule has 1 aliphatic heterocycles. The molecular weight excluding hydrogens is 352 g/mol. The fraction of sp³-hybridized carbons (Fsp3) is 0.105. The molecule has 132 valence electrons. The Hall–Kier alpha value is -3.06. The third kappa shape index (κ3) is 4.52. The van der Waals surface area contributed by atoms with Gasteiger partial charge in [-0.3, -0.25) is 19.7 Å². The van der Waals surface area contributed by atoms with Crippen LogP contribution in [0, 0.1) is 0 Å². The number of aromatic hydroxyl groups is 1. The van der Waals surface area contributed by atoms with E-state index in [0.717, 1.165) is 22.9 Å². The summed E-state index contributed by atoms with van der Waals surface area (Å²) in [7, 11) is 0. The van der Waals surface area contributed by atoms with Crippen LogP contribution in [0.3, 0.4) is 0 Å². The Morgan fingerprint density at radius 2 is 1.77 bits per heavy atom. The summed E-state index contributed by atoms with van der Waals surface area (Å²) in [6.45, 7) is 0.480. The second-order valence-corrected chi connectivity index (χ2v) is 6.66. The second-order valence-electron chi connectivity index (χ2n) is 5.65. The lowest BCUT2D eigenvalue weighted by Gasteiger charge is -2.06. The molecule has 6 nitrogen and oxygen atoms in total. The van der Waals surface area contributed by atoms with Gasteiger partial charge in [-0.25, -0.2) is 0 Å². The van der Waals surface area contributed by atoms with Gasteiger partial charge in [0.25, 0.3) is 17.1 Å². The lowest BCUT2D eigenvalue weighted by atomic mass is 10.1. The molecule has 3 amide bonds. The highest BCUT2D eigenvalue weighted by atomic mass is 32.2. The number of hydrogen-bond acceptors (Lipinski definition) is 5. The van der Waals surface area contributed by atoms with Gasteiger partial charge in [0.05, 0.1) is 4.91 Å². The summed E-state index contributed by atoms with van der Waals surface area (Å²) in [6.07, 6.45) is 2.27. The molecule has 0 bridgehead atoms. The molecule has 0 aliphatic carbocycles. The van der Waals surface area contributed by atoms with Crippen LogP contribution in [0.25, 0.3) is 6.08 Å². The van der Waals surface area contributed by atoms with Gasteiger partial charge >= 0.3 is 0 Å². The van der Waals surface area contributed by atoms with Gasteiger partial charge in [-0.1, -0.05) is 24.3 Å². The molecule has 1 saturated heterocycles. The summed E-state index contributed by atoms with van der Waals surface area (Å²) in [5, 5.41) is 13.9. The van der Waals surface area contributed by atoms with Gasteiger partial charge in [-0.05, 0) is 59.7 Å². The number of carbonyl (C=O) groups is 3. The normalized spacial score (nSPS) is 15.2. The van der Waals surface area contributed by atoms with Crippen LogP contribution in [0.1, 0.15) is 21.5 Å². The molecule has 2 aromatic rings. The smallest absolute Gasteiger partial charge is 0.290 e. The molecular formula is C19H16N2O4S. The molecule has 3 N–H and O–H groups in total. The highest BCUT2D eigenvalue weighted by Crippen LogP contribution is 2.25. The van der Waals surface area contributed by atoms with Gasteiger partial charge in [-0.2, -0.15) is 0 Å². The lowest BCUT2D eigenvalue weighted by molar-refractivity contribution is -0.115. The van der Waals surface area contributed by atoms with Crippen LogP contribution >= 0.6 is 11.8 Å². The maximum absolute atomic E-state index is 12.2. The molecule has 0 atom stereocenters. The Morgan fingerprint density at radius 1 is 1.08 bits per heavy atom. The van der Waals surface area contributed by atoms with Crippen molar-refractivity contribution in [3.8, 4) is 5.75 Å². The van der Waals surface area contributed by atoms with Crippen LogP contribution < -0.4 is 10.6 Å². The first-order chi connectivity index (χ1) is 12.5. The van der Waals surface area contributed by atoms with Crippen molar-refractivity contribution >= 4 is 34.9 Å². The van der Waals surface area contributed by atoms with Crippen LogP contribution in [-0.2, 0) is 11.2 Å². The Morgan fingerprint density at radius 3 is 2.38 bits per heavy atom. The zero-order valence-corrected chi connectivity index (χ0v) is 14.5. The molecule has 0 aromatic heterocycles. The number of imide groups is 1. The average molecular weight is 368 g/mol. The van der Waals surface area contributed by atoms with Gasteiger partial charge in [0.2, 0.25) is 0 Å². The first-order valence-electron chi connectivity index (χ1n) is 7.92. The molecule has 1 fully saturated rings. The number of thioether (sulfide) groups is 1. The molecule has 0 spiro atoms. The van der Waals surface area contributed by atoms with Crippen molar-refractivity contribution < 1.29 is 19.5 Å². The van der Waals surface area contributed by atoms with E-state index in [1.54, 1.807) is 42.5 Å². The van der Waals surface area contributed by atoms with Gasteiger partial charge in [0.1, 0.15) is 5.75 Å². The highest BCUT2D eigenvalue weighted by Gasteiger charge is 2.24. The van der Waals surface area contributed by atoms with E-state index in [1.165, 1.54) is 0 Å². The Bertz CT molecular complexity index is 873. The number of phenols is 1. The second kappa shape index (κ2) is 7.88. The maximum Gasteiger partial charge on any atom is 0.290 e. The van der Waals surface area contributed by atoms with Crippen molar-refractivity contribution in [2.24, 2.45) is 0 Å². The van der Waals surface area contributed by atoms with Crippen LogP contribution in [-0.4, -0.2) is 28.7 Å². The van der Waals surface area contributed by atoms with Crippen LogP contribution in [0.5, 0.6) is 5.75 Å². The summed E-state index contributed by atoms with van der Waals surface area (Å²) in [6, 6.07) is 13.6. The largest absolute Gasteiger partial charge is 0.508 e. The molecule has 0 radical (unpaired) electrons. The number of phenolic OH excluding ortho intramolecular Hbond substituents is 1. The topological polar surface area (TPSA) is 95.5 Å². The van der Waals surface area contributed by atoms with Crippen molar-refractivity contribution in [2.75, 3.05) is 6.54 Å². The Balaban J connectivity index is 1.55. The monoisotopic (exact) mass is 368 g/mol. The van der Waals surface area contributed by atoms with E-state index in [-0.39, 0.29) is 16.9 Å². The molecule has 1 aliphatic rings. The Kier molecular flexibility index (Phi) is 5.38. The van der Waals surface area contributed by atoms with Gasteiger partial charge in [0.15, 0.2) is 0 Å². The lowest BCUT2D eigenvalue weighted by Crippen LogP contribution is -2.25. The first kappa shape index (κ1) is 17.8. The fourth-order valence-electron chi connectivity index (χ4n) is 2.39. The molecule has 2 aromatic carbocycles. The van der Waals surface area contributed by atoms with Crippen molar-refractivity contribution in [3.05, 3.63) is 70.1 Å². The standard InChI is InChI=1S/C19H16N2O4S/c22-15-7-3-12(4-8-15)9-10-20-17(23)14-5-1-13(2-6-14)11-16-18(24)21-19(25)26-16/h1-8,11,22H,9-10H2,(H,20,23)(H,21,24,25)/b16-11-. The molecule has 7 heteroatoms. The summed E-state index contributed by atoms with van der Waals surface area (Å²) >= 11 is 0.855. The van der Waals surface area contributed by atoms with Gasteiger partial charge in [-0.15, -0.1) is 0 Å². The maximum atomic E-state index is 12.2. The summed E-state index contributed by atoms with van der Waals surface area (Å²) < 4.78 is 0. The molecule has 3 rings (SSSR count). The van der Waals surface area contributed by atoms with Crippen molar-refractivity contribution in [1.82, 2.24) is 10.6 Å². The first-order valence-corrected chi connectivity index (χ1v) is 8.74. The SMILES string of the molecule is O=C1NC(=O)/C(=C/c2ccc(C(=O)NCCc3ccc(O)cc3)cc2)S1. The zero-order valence-electron chi connectivity index (χ0n) is 13.7. The third-order valence-electron chi connectivity index (χ3n) is 3.75. The van der Waals surface area contributed by atoms with E-state index >= 15 is 0 Å². The molecule has 1 heterocycles. The quantitative estimate of drug-likeness (QED) is 0.705.